The summed E-state index contributed by atoms with van der Waals surface area (Å²) in [5.74, 6) is -1.01. The maximum absolute atomic E-state index is 12.3. The highest BCUT2D eigenvalue weighted by atomic mass is 32.2. The zero-order chi connectivity index (χ0) is 15.1. The van der Waals surface area contributed by atoms with Crippen LogP contribution in [0.2, 0.25) is 0 Å². The van der Waals surface area contributed by atoms with E-state index in [4.69, 9.17) is 5.11 Å². The van der Waals surface area contributed by atoms with E-state index in [0.29, 0.717) is 18.7 Å². The largest absolute Gasteiger partial charge is 0.478 e. The predicted octanol–water partition coefficient (Wildman–Crippen LogP) is 1.38. The van der Waals surface area contributed by atoms with Crippen LogP contribution in [0.1, 0.15) is 36.7 Å². The second kappa shape index (κ2) is 4.75. The van der Waals surface area contributed by atoms with Crippen molar-refractivity contribution in [3.63, 3.8) is 0 Å². The van der Waals surface area contributed by atoms with Crippen molar-refractivity contribution in [3.05, 3.63) is 29.3 Å². The van der Waals surface area contributed by atoms with Gasteiger partial charge in [0.05, 0.1) is 11.3 Å². The van der Waals surface area contributed by atoms with E-state index in [1.165, 1.54) is 16.4 Å². The van der Waals surface area contributed by atoms with Gasteiger partial charge in [0.25, 0.3) is 0 Å². The first-order valence-corrected chi connectivity index (χ1v) is 7.72. The number of anilines is 1. The Morgan fingerprint density at radius 1 is 1.35 bits per heavy atom. The van der Waals surface area contributed by atoms with Gasteiger partial charge in [0.2, 0.25) is 0 Å². The number of benzene rings is 1. The summed E-state index contributed by atoms with van der Waals surface area (Å²) in [5, 5.41) is 8.95. The molecule has 2 N–H and O–H groups in total. The average Bonchev–Trinajstić information content (AvgIpc) is 2.68. The lowest BCUT2D eigenvalue weighted by molar-refractivity contribution is 0.0697. The van der Waals surface area contributed by atoms with Gasteiger partial charge in [-0.25, -0.2) is 4.79 Å². The van der Waals surface area contributed by atoms with E-state index in [1.54, 1.807) is 26.8 Å². The number of fused-ring (bicyclic) bond motifs is 1. The van der Waals surface area contributed by atoms with Gasteiger partial charge in [-0.2, -0.15) is 13.1 Å². The Kier molecular flexibility index (Phi) is 3.51. The van der Waals surface area contributed by atoms with Crippen molar-refractivity contribution >= 4 is 21.9 Å². The fourth-order valence-corrected chi connectivity index (χ4v) is 3.85. The topological polar surface area (TPSA) is 86.7 Å². The van der Waals surface area contributed by atoms with Crippen molar-refractivity contribution in [1.82, 2.24) is 4.72 Å². The third-order valence-electron chi connectivity index (χ3n) is 2.90. The number of carbonyl (C=O) groups is 1. The van der Waals surface area contributed by atoms with Crippen LogP contribution in [0.5, 0.6) is 0 Å². The van der Waals surface area contributed by atoms with Gasteiger partial charge in [-0.3, -0.25) is 4.31 Å². The van der Waals surface area contributed by atoms with Crippen LogP contribution in [0.3, 0.4) is 0 Å². The summed E-state index contributed by atoms with van der Waals surface area (Å²) in [6.45, 7) is 5.64. The lowest BCUT2D eigenvalue weighted by Crippen LogP contribution is -2.48. The SMILES string of the molecule is CC(C)(C)NS(=O)(=O)N1CCc2cc(C(=O)O)ccc21. The lowest BCUT2D eigenvalue weighted by atomic mass is 10.1. The van der Waals surface area contributed by atoms with Gasteiger partial charge in [0.15, 0.2) is 0 Å². The molecule has 0 bridgehead atoms. The number of carboxylic acids is 1. The average molecular weight is 298 g/mol. The zero-order valence-corrected chi connectivity index (χ0v) is 12.5. The van der Waals surface area contributed by atoms with E-state index in [1.807, 2.05) is 0 Å². The molecule has 0 aromatic heterocycles. The summed E-state index contributed by atoms with van der Waals surface area (Å²) in [7, 11) is -3.63. The molecular formula is C13H18N2O4S. The Labute approximate surface area is 118 Å². The Balaban J connectivity index is 2.35. The van der Waals surface area contributed by atoms with Gasteiger partial charge in [-0.1, -0.05) is 0 Å². The molecule has 1 aliphatic rings. The first kappa shape index (κ1) is 14.8. The molecule has 0 amide bonds. The molecule has 0 atom stereocenters. The molecule has 2 rings (SSSR count). The van der Waals surface area contributed by atoms with E-state index in [9.17, 15) is 13.2 Å². The Morgan fingerprint density at radius 3 is 2.55 bits per heavy atom. The fraction of sp³-hybridized carbons (Fsp3) is 0.462. The predicted molar refractivity (Wildman–Crippen MR) is 76.3 cm³/mol. The van der Waals surface area contributed by atoms with Gasteiger partial charge in [-0.15, -0.1) is 0 Å². The Bertz CT molecular complexity index is 647. The maximum Gasteiger partial charge on any atom is 0.335 e. The zero-order valence-electron chi connectivity index (χ0n) is 11.7. The molecule has 0 radical (unpaired) electrons. The first-order valence-electron chi connectivity index (χ1n) is 6.28. The van der Waals surface area contributed by atoms with Crippen LogP contribution in [0, 0.1) is 0 Å². The van der Waals surface area contributed by atoms with E-state index in [0.717, 1.165) is 5.56 Å². The van der Waals surface area contributed by atoms with Gasteiger partial charge >= 0.3 is 16.2 Å². The summed E-state index contributed by atoms with van der Waals surface area (Å²) in [6.07, 6.45) is 0.515. The molecule has 0 fully saturated rings. The highest BCUT2D eigenvalue weighted by molar-refractivity contribution is 7.91. The van der Waals surface area contributed by atoms with Crippen LogP contribution >= 0.6 is 0 Å². The summed E-state index contributed by atoms with van der Waals surface area (Å²) in [5.41, 5.74) is 0.894. The summed E-state index contributed by atoms with van der Waals surface area (Å²) in [4.78, 5) is 10.9. The van der Waals surface area contributed by atoms with Gasteiger partial charge < -0.3 is 5.11 Å². The molecule has 1 aromatic carbocycles. The summed E-state index contributed by atoms with van der Waals surface area (Å²) in [6, 6.07) is 4.50. The molecular weight excluding hydrogens is 280 g/mol. The first-order chi connectivity index (χ1) is 9.10. The maximum atomic E-state index is 12.3. The lowest BCUT2D eigenvalue weighted by Gasteiger charge is -2.26. The number of aromatic carboxylic acids is 1. The number of hydrogen-bond donors (Lipinski definition) is 2. The number of carboxylic acid groups (broad SMARTS) is 1. The molecule has 0 saturated carbocycles. The Morgan fingerprint density at radius 2 is 2.00 bits per heavy atom. The van der Waals surface area contributed by atoms with Crippen molar-refractivity contribution in [2.75, 3.05) is 10.8 Å². The molecule has 1 aliphatic heterocycles. The van der Waals surface area contributed by atoms with Crippen LogP contribution in [0.4, 0.5) is 5.69 Å². The number of nitrogens with one attached hydrogen (secondary N) is 1. The van der Waals surface area contributed by atoms with Crippen LogP contribution in [-0.2, 0) is 16.6 Å². The monoisotopic (exact) mass is 298 g/mol. The highest BCUT2D eigenvalue weighted by Gasteiger charge is 2.32. The van der Waals surface area contributed by atoms with E-state index in [-0.39, 0.29) is 5.56 Å². The van der Waals surface area contributed by atoms with Crippen LogP contribution < -0.4 is 9.03 Å². The van der Waals surface area contributed by atoms with E-state index < -0.39 is 21.7 Å². The van der Waals surface area contributed by atoms with Crippen LogP contribution in [0.25, 0.3) is 0 Å². The second-order valence-electron chi connectivity index (χ2n) is 5.83. The van der Waals surface area contributed by atoms with Gasteiger partial charge in [0.1, 0.15) is 0 Å². The normalized spacial score (nSPS) is 15.2. The summed E-state index contributed by atoms with van der Waals surface area (Å²) >= 11 is 0. The van der Waals surface area contributed by atoms with E-state index in [2.05, 4.69) is 4.72 Å². The minimum atomic E-state index is -3.63. The van der Waals surface area contributed by atoms with Crippen LogP contribution in [0.15, 0.2) is 18.2 Å². The van der Waals surface area contributed by atoms with Crippen molar-refractivity contribution in [2.24, 2.45) is 0 Å². The standard InChI is InChI=1S/C13H18N2O4S/c1-13(2,3)14-20(18,19)15-7-6-9-8-10(12(16)17)4-5-11(9)15/h4-5,8,14H,6-7H2,1-3H3,(H,16,17). The molecule has 1 aromatic rings. The van der Waals surface area contributed by atoms with E-state index >= 15 is 0 Å². The fourth-order valence-electron chi connectivity index (χ4n) is 2.20. The molecule has 7 heteroatoms. The molecule has 0 aliphatic carbocycles. The van der Waals surface area contributed by atoms with Crippen LogP contribution in [-0.4, -0.2) is 31.6 Å². The third-order valence-corrected chi connectivity index (χ3v) is 4.73. The van der Waals surface area contributed by atoms with Crippen molar-refractivity contribution in [1.29, 1.82) is 0 Å². The smallest absolute Gasteiger partial charge is 0.335 e. The quantitative estimate of drug-likeness (QED) is 0.882. The molecule has 110 valence electrons. The van der Waals surface area contributed by atoms with Crippen molar-refractivity contribution < 1.29 is 18.3 Å². The molecule has 0 spiro atoms. The van der Waals surface area contributed by atoms with Gasteiger partial charge in [0, 0.05) is 12.1 Å². The summed E-state index contributed by atoms with van der Waals surface area (Å²) < 4.78 is 28.5. The minimum absolute atomic E-state index is 0.173. The molecule has 0 unspecified atom stereocenters. The number of rotatable bonds is 3. The molecule has 1 heterocycles. The van der Waals surface area contributed by atoms with Crippen molar-refractivity contribution in [3.8, 4) is 0 Å². The minimum Gasteiger partial charge on any atom is -0.478 e. The molecule has 0 saturated heterocycles. The van der Waals surface area contributed by atoms with Crippen molar-refractivity contribution in [2.45, 2.75) is 32.7 Å². The third kappa shape index (κ3) is 2.94. The Hall–Kier alpha value is -1.60. The highest BCUT2D eigenvalue weighted by Crippen LogP contribution is 2.31. The number of hydrogen-bond acceptors (Lipinski definition) is 3. The molecule has 6 nitrogen and oxygen atoms in total. The second-order valence-corrected chi connectivity index (χ2v) is 7.42. The molecule has 20 heavy (non-hydrogen) atoms. The number of nitrogens with zero attached hydrogens (tertiary/aromatic N) is 1. The van der Waals surface area contributed by atoms with Gasteiger partial charge in [-0.05, 0) is 51.0 Å².